The minimum absolute atomic E-state index is 0.105. The fraction of sp³-hybridized carbons (Fsp3) is 0.0909. The first-order valence-corrected chi connectivity index (χ1v) is 9.06. The average molecular weight is 376 g/mol. The number of benzene rings is 2. The summed E-state index contributed by atoms with van der Waals surface area (Å²) in [4.78, 5) is 17.1. The molecule has 4 aromatic rings. The molecule has 0 spiro atoms. The number of aromatic nitrogens is 2. The van der Waals surface area contributed by atoms with E-state index in [1.54, 1.807) is 6.07 Å². The fourth-order valence-electron chi connectivity index (χ4n) is 3.07. The van der Waals surface area contributed by atoms with Gasteiger partial charge in [0.05, 0.1) is 12.1 Å². The van der Waals surface area contributed by atoms with Gasteiger partial charge in [0, 0.05) is 28.7 Å². The Morgan fingerprint density at radius 3 is 2.78 bits per heavy atom. The van der Waals surface area contributed by atoms with Crippen molar-refractivity contribution >= 4 is 28.8 Å². The largest absolute Gasteiger partial charge is 0.326 e. The van der Waals surface area contributed by atoms with Crippen molar-refractivity contribution in [1.29, 1.82) is 0 Å². The van der Waals surface area contributed by atoms with Crippen molar-refractivity contribution in [2.24, 2.45) is 0 Å². The lowest BCUT2D eigenvalue weighted by atomic mass is 10.1. The molecule has 4 nitrogen and oxygen atoms in total. The van der Waals surface area contributed by atoms with Crippen molar-refractivity contribution in [3.63, 3.8) is 0 Å². The Balaban J connectivity index is 1.56. The molecule has 134 valence electrons. The standard InChI is InChI=1S/C22H18ClN3O/c1-15-6-5-11-26-14-20(25-22(15)26)17-8-4-9-18(12-17)24-21(27)13-16-7-2-3-10-19(16)23/h2-12,14H,13H2,1H3,(H,24,27). The zero-order valence-electron chi connectivity index (χ0n) is 14.8. The lowest BCUT2D eigenvalue weighted by Crippen LogP contribution is -2.14. The molecule has 0 aliphatic rings. The van der Waals surface area contributed by atoms with Crippen LogP contribution in [-0.2, 0) is 11.2 Å². The third-order valence-electron chi connectivity index (χ3n) is 4.43. The predicted molar refractivity (Wildman–Crippen MR) is 109 cm³/mol. The van der Waals surface area contributed by atoms with Crippen LogP contribution in [0.4, 0.5) is 5.69 Å². The molecule has 0 bridgehead atoms. The lowest BCUT2D eigenvalue weighted by Gasteiger charge is -2.07. The summed E-state index contributed by atoms with van der Waals surface area (Å²) in [6.07, 6.45) is 4.21. The van der Waals surface area contributed by atoms with Gasteiger partial charge in [-0.25, -0.2) is 4.98 Å². The Morgan fingerprint density at radius 2 is 1.96 bits per heavy atom. The van der Waals surface area contributed by atoms with Gasteiger partial charge in [-0.3, -0.25) is 4.79 Å². The van der Waals surface area contributed by atoms with Gasteiger partial charge < -0.3 is 9.72 Å². The summed E-state index contributed by atoms with van der Waals surface area (Å²) in [5.74, 6) is -0.105. The zero-order valence-corrected chi connectivity index (χ0v) is 15.6. The van der Waals surface area contributed by atoms with Gasteiger partial charge in [-0.1, -0.05) is 48.0 Å². The molecule has 1 amide bonds. The highest BCUT2D eigenvalue weighted by molar-refractivity contribution is 6.31. The molecule has 0 fully saturated rings. The van der Waals surface area contributed by atoms with Gasteiger partial charge in [-0.15, -0.1) is 0 Å². The van der Waals surface area contributed by atoms with Crippen LogP contribution in [0.25, 0.3) is 16.9 Å². The molecule has 0 unspecified atom stereocenters. The van der Waals surface area contributed by atoms with Gasteiger partial charge in [0.2, 0.25) is 5.91 Å². The fourth-order valence-corrected chi connectivity index (χ4v) is 3.27. The highest BCUT2D eigenvalue weighted by atomic mass is 35.5. The topological polar surface area (TPSA) is 46.4 Å². The Labute approximate surface area is 162 Å². The smallest absolute Gasteiger partial charge is 0.228 e. The molecule has 0 saturated carbocycles. The summed E-state index contributed by atoms with van der Waals surface area (Å²) >= 11 is 6.14. The van der Waals surface area contributed by atoms with Crippen LogP contribution in [0.15, 0.2) is 73.1 Å². The molecule has 0 aliphatic carbocycles. The second kappa shape index (κ2) is 7.25. The third-order valence-corrected chi connectivity index (χ3v) is 4.80. The Hall–Kier alpha value is -3.11. The Kier molecular flexibility index (Phi) is 4.65. The first-order chi connectivity index (χ1) is 13.1. The number of aryl methyl sites for hydroxylation is 1. The van der Waals surface area contributed by atoms with Crippen LogP contribution in [0.5, 0.6) is 0 Å². The number of pyridine rings is 1. The number of halogens is 1. The molecule has 0 atom stereocenters. The highest BCUT2D eigenvalue weighted by Gasteiger charge is 2.10. The average Bonchev–Trinajstić information content (AvgIpc) is 3.10. The number of carbonyl (C=O) groups excluding carboxylic acids is 1. The molecule has 0 aliphatic heterocycles. The Bertz CT molecular complexity index is 1130. The van der Waals surface area contributed by atoms with E-state index in [1.807, 2.05) is 78.3 Å². The molecule has 4 rings (SSSR count). The van der Waals surface area contributed by atoms with E-state index in [0.29, 0.717) is 5.02 Å². The van der Waals surface area contributed by atoms with E-state index in [9.17, 15) is 4.79 Å². The number of carbonyl (C=O) groups is 1. The maximum Gasteiger partial charge on any atom is 0.228 e. The number of rotatable bonds is 4. The second-order valence-electron chi connectivity index (χ2n) is 6.45. The zero-order chi connectivity index (χ0) is 18.8. The van der Waals surface area contributed by atoms with E-state index in [2.05, 4.69) is 5.32 Å². The quantitative estimate of drug-likeness (QED) is 0.536. The summed E-state index contributed by atoms with van der Waals surface area (Å²) in [7, 11) is 0. The number of imidazole rings is 1. The van der Waals surface area contributed by atoms with Crippen molar-refractivity contribution in [3.05, 3.63) is 89.2 Å². The number of nitrogens with one attached hydrogen (secondary N) is 1. The molecule has 0 saturated heterocycles. The van der Waals surface area contributed by atoms with Gasteiger partial charge in [-0.2, -0.15) is 0 Å². The van der Waals surface area contributed by atoms with E-state index >= 15 is 0 Å². The van der Waals surface area contributed by atoms with E-state index in [1.165, 1.54) is 0 Å². The SMILES string of the molecule is Cc1cccn2cc(-c3cccc(NC(=O)Cc4ccccc4Cl)c3)nc12. The number of nitrogens with zero attached hydrogens (tertiary/aromatic N) is 2. The molecule has 2 aromatic heterocycles. The maximum absolute atomic E-state index is 12.4. The molecule has 0 radical (unpaired) electrons. The van der Waals surface area contributed by atoms with Crippen LogP contribution in [-0.4, -0.2) is 15.3 Å². The van der Waals surface area contributed by atoms with Gasteiger partial charge in [0.1, 0.15) is 5.65 Å². The number of anilines is 1. The van der Waals surface area contributed by atoms with E-state index < -0.39 is 0 Å². The normalized spacial score (nSPS) is 10.9. The van der Waals surface area contributed by atoms with Crippen molar-refractivity contribution in [3.8, 4) is 11.3 Å². The van der Waals surface area contributed by atoms with Gasteiger partial charge in [-0.05, 0) is 42.3 Å². The van der Waals surface area contributed by atoms with Crippen molar-refractivity contribution in [2.75, 3.05) is 5.32 Å². The molecule has 2 heterocycles. The first kappa shape index (κ1) is 17.3. The van der Waals surface area contributed by atoms with Crippen LogP contribution >= 0.6 is 11.6 Å². The van der Waals surface area contributed by atoms with Gasteiger partial charge >= 0.3 is 0 Å². The van der Waals surface area contributed by atoms with Crippen LogP contribution in [0, 0.1) is 6.92 Å². The van der Waals surface area contributed by atoms with Crippen molar-refractivity contribution in [1.82, 2.24) is 9.38 Å². The summed E-state index contributed by atoms with van der Waals surface area (Å²) in [6, 6.07) is 19.1. The van der Waals surface area contributed by atoms with E-state index in [0.717, 1.165) is 33.7 Å². The lowest BCUT2D eigenvalue weighted by molar-refractivity contribution is -0.115. The van der Waals surface area contributed by atoms with E-state index in [4.69, 9.17) is 16.6 Å². The Morgan fingerprint density at radius 1 is 1.11 bits per heavy atom. The van der Waals surface area contributed by atoms with Crippen molar-refractivity contribution in [2.45, 2.75) is 13.3 Å². The molecule has 5 heteroatoms. The molecule has 2 aromatic carbocycles. The first-order valence-electron chi connectivity index (χ1n) is 8.68. The summed E-state index contributed by atoms with van der Waals surface area (Å²) in [5.41, 5.74) is 5.41. The predicted octanol–water partition coefficient (Wildman–Crippen LogP) is 5.14. The van der Waals surface area contributed by atoms with Gasteiger partial charge in [0.25, 0.3) is 0 Å². The van der Waals surface area contributed by atoms with Crippen LogP contribution in [0.3, 0.4) is 0 Å². The minimum atomic E-state index is -0.105. The minimum Gasteiger partial charge on any atom is -0.326 e. The summed E-state index contributed by atoms with van der Waals surface area (Å²) in [6.45, 7) is 2.04. The van der Waals surface area contributed by atoms with Crippen LogP contribution < -0.4 is 5.32 Å². The van der Waals surface area contributed by atoms with E-state index in [-0.39, 0.29) is 12.3 Å². The molecular weight excluding hydrogens is 358 g/mol. The summed E-state index contributed by atoms with van der Waals surface area (Å²) in [5, 5.41) is 3.54. The number of hydrogen-bond acceptors (Lipinski definition) is 2. The number of fused-ring (bicyclic) bond motifs is 1. The molecule has 27 heavy (non-hydrogen) atoms. The second-order valence-corrected chi connectivity index (χ2v) is 6.85. The third kappa shape index (κ3) is 3.71. The highest BCUT2D eigenvalue weighted by Crippen LogP contribution is 2.24. The molecule has 1 N–H and O–H groups in total. The number of amides is 1. The molecular formula is C22H18ClN3O. The van der Waals surface area contributed by atoms with Gasteiger partial charge in [0.15, 0.2) is 0 Å². The summed E-state index contributed by atoms with van der Waals surface area (Å²) < 4.78 is 2.01. The maximum atomic E-state index is 12.4. The van der Waals surface area contributed by atoms with Crippen LogP contribution in [0.1, 0.15) is 11.1 Å². The monoisotopic (exact) mass is 375 g/mol. The number of hydrogen-bond donors (Lipinski definition) is 1. The van der Waals surface area contributed by atoms with Crippen molar-refractivity contribution < 1.29 is 4.79 Å². The van der Waals surface area contributed by atoms with Crippen LogP contribution in [0.2, 0.25) is 5.02 Å².